The maximum Gasteiger partial charge on any atom is 0.322 e. The Balaban J connectivity index is 2.51. The van der Waals surface area contributed by atoms with E-state index in [0.717, 1.165) is 12.8 Å². The number of nitrogens with two attached hydrogens (primary N) is 1. The Kier molecular flexibility index (Phi) is 3.69. The Bertz CT molecular complexity index is 178. The molecule has 2 atom stereocenters. The van der Waals surface area contributed by atoms with Gasteiger partial charge in [-0.3, -0.25) is 4.79 Å². The lowest BCUT2D eigenvalue weighted by Gasteiger charge is -2.24. The summed E-state index contributed by atoms with van der Waals surface area (Å²) in [5.41, 5.74) is 5.89. The summed E-state index contributed by atoms with van der Waals surface area (Å²) in [7, 11) is 1.65. The van der Waals surface area contributed by atoms with Crippen molar-refractivity contribution in [2.45, 2.75) is 37.8 Å². The normalized spacial score (nSPS) is 22.9. The van der Waals surface area contributed by atoms with Gasteiger partial charge in [0.1, 0.15) is 6.04 Å². The largest absolute Gasteiger partial charge is 0.480 e. The van der Waals surface area contributed by atoms with Gasteiger partial charge in [0.2, 0.25) is 0 Å². The highest BCUT2D eigenvalue weighted by Crippen LogP contribution is 2.27. The first-order valence-corrected chi connectivity index (χ1v) is 4.82. The number of rotatable bonds is 4. The minimum absolute atomic E-state index is 0.245. The predicted molar refractivity (Wildman–Crippen MR) is 50.4 cm³/mol. The second-order valence-corrected chi connectivity index (χ2v) is 3.73. The Morgan fingerprint density at radius 3 is 2.46 bits per heavy atom. The molecule has 1 saturated carbocycles. The van der Waals surface area contributed by atoms with Crippen LogP contribution in [0.15, 0.2) is 0 Å². The van der Waals surface area contributed by atoms with Gasteiger partial charge < -0.3 is 16.2 Å². The third kappa shape index (κ3) is 2.42. The number of hydrogen-bond donors (Lipinski definition) is 3. The average Bonchev–Trinajstić information content (AvgIpc) is 2.56. The molecule has 1 aliphatic carbocycles. The molecule has 1 aliphatic rings. The first kappa shape index (κ1) is 10.5. The molecule has 0 aromatic rings. The van der Waals surface area contributed by atoms with Crippen molar-refractivity contribution in [3.8, 4) is 0 Å². The predicted octanol–water partition coefficient (Wildman–Crippen LogP) is 0.177. The van der Waals surface area contributed by atoms with Gasteiger partial charge in [-0.25, -0.2) is 0 Å². The van der Waals surface area contributed by atoms with Crippen molar-refractivity contribution in [3.63, 3.8) is 0 Å². The quantitative estimate of drug-likeness (QED) is 0.585. The number of carboxylic acids is 1. The molecule has 0 aliphatic heterocycles. The van der Waals surface area contributed by atoms with E-state index in [1.54, 1.807) is 7.05 Å². The molecule has 1 fully saturated rings. The lowest BCUT2D eigenvalue weighted by atomic mass is 9.93. The second kappa shape index (κ2) is 4.58. The molecule has 4 N–H and O–H groups in total. The van der Waals surface area contributed by atoms with Gasteiger partial charge in [0.15, 0.2) is 0 Å². The first-order chi connectivity index (χ1) is 6.16. The van der Waals surface area contributed by atoms with Crippen LogP contribution in [0.3, 0.4) is 0 Å². The molecule has 0 heterocycles. The number of carbonyl (C=O) groups is 1. The van der Waals surface area contributed by atoms with E-state index in [0.29, 0.717) is 5.92 Å². The van der Waals surface area contributed by atoms with Gasteiger partial charge in [-0.2, -0.15) is 0 Å². The molecule has 0 saturated heterocycles. The van der Waals surface area contributed by atoms with E-state index < -0.39 is 12.0 Å². The highest BCUT2D eigenvalue weighted by atomic mass is 16.4. The number of likely N-dealkylation sites (N-methyl/N-ethyl adjacent to an activating group) is 1. The van der Waals surface area contributed by atoms with E-state index in [9.17, 15) is 4.79 Å². The molecule has 13 heavy (non-hydrogen) atoms. The van der Waals surface area contributed by atoms with E-state index in [-0.39, 0.29) is 6.04 Å². The first-order valence-electron chi connectivity index (χ1n) is 4.82. The summed E-state index contributed by atoms with van der Waals surface area (Å²) >= 11 is 0. The van der Waals surface area contributed by atoms with Gasteiger partial charge in [-0.1, -0.05) is 12.8 Å². The van der Waals surface area contributed by atoms with Crippen molar-refractivity contribution in [2.24, 2.45) is 11.7 Å². The average molecular weight is 186 g/mol. The summed E-state index contributed by atoms with van der Waals surface area (Å²) in [5.74, 6) is -0.463. The summed E-state index contributed by atoms with van der Waals surface area (Å²) in [4.78, 5) is 10.8. The molecule has 1 rings (SSSR count). The van der Waals surface area contributed by atoms with Crippen molar-refractivity contribution in [3.05, 3.63) is 0 Å². The van der Waals surface area contributed by atoms with E-state index in [2.05, 4.69) is 5.32 Å². The Hall–Kier alpha value is -0.610. The molecule has 2 unspecified atom stereocenters. The van der Waals surface area contributed by atoms with E-state index in [4.69, 9.17) is 10.8 Å². The van der Waals surface area contributed by atoms with Gasteiger partial charge in [0.25, 0.3) is 0 Å². The minimum Gasteiger partial charge on any atom is -0.480 e. The molecule has 4 heteroatoms. The molecule has 4 nitrogen and oxygen atoms in total. The van der Waals surface area contributed by atoms with Crippen LogP contribution in [-0.2, 0) is 4.79 Å². The molecular weight excluding hydrogens is 168 g/mol. The van der Waals surface area contributed by atoms with E-state index in [1.165, 1.54) is 12.8 Å². The van der Waals surface area contributed by atoms with E-state index in [1.807, 2.05) is 0 Å². The van der Waals surface area contributed by atoms with Crippen LogP contribution in [0.2, 0.25) is 0 Å². The summed E-state index contributed by atoms with van der Waals surface area (Å²) in [6.45, 7) is 0. The van der Waals surface area contributed by atoms with Crippen LogP contribution >= 0.6 is 0 Å². The topological polar surface area (TPSA) is 75.3 Å². The molecular formula is C9H18N2O2. The molecule has 0 radical (unpaired) electrons. The zero-order valence-corrected chi connectivity index (χ0v) is 7.99. The third-order valence-electron chi connectivity index (χ3n) is 2.91. The van der Waals surface area contributed by atoms with Crippen LogP contribution in [0.1, 0.15) is 25.7 Å². The van der Waals surface area contributed by atoms with Gasteiger partial charge in [-0.05, 0) is 25.8 Å². The van der Waals surface area contributed by atoms with Crippen LogP contribution in [-0.4, -0.2) is 30.2 Å². The Labute approximate surface area is 78.5 Å². The van der Waals surface area contributed by atoms with Crippen molar-refractivity contribution in [1.82, 2.24) is 5.32 Å². The molecule has 76 valence electrons. The van der Waals surface area contributed by atoms with Gasteiger partial charge in [-0.15, -0.1) is 0 Å². The third-order valence-corrected chi connectivity index (χ3v) is 2.91. The monoisotopic (exact) mass is 186 g/mol. The van der Waals surface area contributed by atoms with Crippen molar-refractivity contribution >= 4 is 5.97 Å². The number of hydrogen-bond acceptors (Lipinski definition) is 3. The second-order valence-electron chi connectivity index (χ2n) is 3.73. The minimum atomic E-state index is -0.845. The lowest BCUT2D eigenvalue weighted by Crippen LogP contribution is -2.52. The molecule has 0 spiro atoms. The number of aliphatic carboxylic acids is 1. The van der Waals surface area contributed by atoms with Gasteiger partial charge >= 0.3 is 5.97 Å². The summed E-state index contributed by atoms with van der Waals surface area (Å²) in [6, 6.07) is -0.840. The van der Waals surface area contributed by atoms with Crippen molar-refractivity contribution in [2.75, 3.05) is 7.05 Å². The van der Waals surface area contributed by atoms with Crippen LogP contribution in [0.4, 0.5) is 0 Å². The van der Waals surface area contributed by atoms with Gasteiger partial charge in [0.05, 0.1) is 0 Å². The zero-order valence-electron chi connectivity index (χ0n) is 7.99. The van der Waals surface area contributed by atoms with Crippen LogP contribution in [0.25, 0.3) is 0 Å². The summed E-state index contributed by atoms with van der Waals surface area (Å²) in [5, 5.41) is 11.6. The SMILES string of the molecule is CNC(C(=O)O)C(N)C1CCCC1. The number of nitrogens with one attached hydrogen (secondary N) is 1. The van der Waals surface area contributed by atoms with Gasteiger partial charge in [0, 0.05) is 6.04 Å². The maximum absolute atomic E-state index is 10.8. The fourth-order valence-electron chi connectivity index (χ4n) is 2.10. The Morgan fingerprint density at radius 1 is 1.54 bits per heavy atom. The molecule has 0 amide bonds. The summed E-state index contributed by atoms with van der Waals surface area (Å²) in [6.07, 6.45) is 4.53. The van der Waals surface area contributed by atoms with Crippen LogP contribution in [0, 0.1) is 5.92 Å². The zero-order chi connectivity index (χ0) is 9.84. The summed E-state index contributed by atoms with van der Waals surface area (Å²) < 4.78 is 0. The van der Waals surface area contributed by atoms with E-state index >= 15 is 0 Å². The van der Waals surface area contributed by atoms with Crippen LogP contribution < -0.4 is 11.1 Å². The fourth-order valence-corrected chi connectivity index (χ4v) is 2.10. The van der Waals surface area contributed by atoms with Crippen molar-refractivity contribution < 1.29 is 9.90 Å². The maximum atomic E-state index is 10.8. The van der Waals surface area contributed by atoms with Crippen molar-refractivity contribution in [1.29, 1.82) is 0 Å². The lowest BCUT2D eigenvalue weighted by molar-refractivity contribution is -0.140. The Morgan fingerprint density at radius 2 is 2.08 bits per heavy atom. The number of carboxylic acid groups (broad SMARTS) is 1. The standard InChI is InChI=1S/C9H18N2O2/c1-11-8(9(12)13)7(10)6-4-2-3-5-6/h6-8,11H,2-5,10H2,1H3,(H,12,13). The van der Waals surface area contributed by atoms with Crippen LogP contribution in [0.5, 0.6) is 0 Å². The smallest absolute Gasteiger partial charge is 0.322 e. The highest BCUT2D eigenvalue weighted by molar-refractivity contribution is 5.74. The molecule has 0 bridgehead atoms. The highest BCUT2D eigenvalue weighted by Gasteiger charge is 2.31. The fraction of sp³-hybridized carbons (Fsp3) is 0.889. The molecule has 0 aromatic heterocycles. The molecule has 0 aromatic carbocycles.